The van der Waals surface area contributed by atoms with Gasteiger partial charge >= 0.3 is 6.09 Å². The molecule has 6 heteroatoms. The summed E-state index contributed by atoms with van der Waals surface area (Å²) >= 11 is 0. The summed E-state index contributed by atoms with van der Waals surface area (Å²) in [5, 5.41) is 13.1. The SMILES string of the molecule is COC(=O)Nc1cc(C)c([N+](=O)[O-])cc1C. The zero-order chi connectivity index (χ0) is 12.3. The van der Waals surface area contributed by atoms with Crippen molar-refractivity contribution < 1.29 is 14.5 Å². The summed E-state index contributed by atoms with van der Waals surface area (Å²) in [6.07, 6.45) is -0.601. The van der Waals surface area contributed by atoms with E-state index in [0.29, 0.717) is 16.8 Å². The molecule has 0 atom stereocenters. The van der Waals surface area contributed by atoms with Crippen LogP contribution in [0.15, 0.2) is 12.1 Å². The molecular formula is C10H12N2O4. The van der Waals surface area contributed by atoms with Gasteiger partial charge < -0.3 is 4.74 Å². The molecule has 0 fully saturated rings. The number of rotatable bonds is 2. The Morgan fingerprint density at radius 2 is 2.00 bits per heavy atom. The minimum atomic E-state index is -0.601. The summed E-state index contributed by atoms with van der Waals surface area (Å²) in [6, 6.07) is 2.96. The first-order valence-electron chi connectivity index (χ1n) is 4.56. The van der Waals surface area contributed by atoms with Gasteiger partial charge in [-0.2, -0.15) is 0 Å². The quantitative estimate of drug-likeness (QED) is 0.617. The molecule has 0 saturated heterocycles. The lowest BCUT2D eigenvalue weighted by molar-refractivity contribution is -0.385. The van der Waals surface area contributed by atoms with Crippen molar-refractivity contribution in [2.75, 3.05) is 12.4 Å². The summed E-state index contributed by atoms with van der Waals surface area (Å²) < 4.78 is 4.44. The number of benzene rings is 1. The maximum Gasteiger partial charge on any atom is 0.411 e. The Morgan fingerprint density at radius 1 is 1.38 bits per heavy atom. The zero-order valence-electron chi connectivity index (χ0n) is 9.23. The van der Waals surface area contributed by atoms with Gasteiger partial charge in [0.2, 0.25) is 0 Å². The molecule has 16 heavy (non-hydrogen) atoms. The summed E-state index contributed by atoms with van der Waals surface area (Å²) in [5.74, 6) is 0. The van der Waals surface area contributed by atoms with Crippen LogP contribution in [0.4, 0.5) is 16.2 Å². The van der Waals surface area contributed by atoms with Gasteiger partial charge in [0.1, 0.15) is 0 Å². The van der Waals surface area contributed by atoms with Crippen molar-refractivity contribution in [2.24, 2.45) is 0 Å². The number of carbonyl (C=O) groups is 1. The number of aryl methyl sites for hydroxylation is 2. The van der Waals surface area contributed by atoms with Crippen molar-refractivity contribution >= 4 is 17.5 Å². The van der Waals surface area contributed by atoms with Crippen LogP contribution in [-0.4, -0.2) is 18.1 Å². The predicted octanol–water partition coefficient (Wildman–Crippen LogP) is 2.39. The second-order valence-corrected chi connectivity index (χ2v) is 3.33. The molecule has 1 rings (SSSR count). The molecule has 1 aromatic carbocycles. The van der Waals surface area contributed by atoms with Crippen LogP contribution in [0.2, 0.25) is 0 Å². The van der Waals surface area contributed by atoms with Gasteiger partial charge in [0.25, 0.3) is 5.69 Å². The Kier molecular flexibility index (Phi) is 3.44. The van der Waals surface area contributed by atoms with Crippen molar-refractivity contribution in [3.8, 4) is 0 Å². The van der Waals surface area contributed by atoms with E-state index in [2.05, 4.69) is 10.1 Å². The number of nitrogens with zero attached hydrogens (tertiary/aromatic N) is 1. The third-order valence-corrected chi connectivity index (χ3v) is 2.16. The van der Waals surface area contributed by atoms with Gasteiger partial charge in [-0.1, -0.05) is 0 Å². The second kappa shape index (κ2) is 4.61. The van der Waals surface area contributed by atoms with E-state index in [1.165, 1.54) is 13.2 Å². The highest BCUT2D eigenvalue weighted by Gasteiger charge is 2.14. The first kappa shape index (κ1) is 12.0. The Bertz CT molecular complexity index is 443. The van der Waals surface area contributed by atoms with Gasteiger partial charge in [0.15, 0.2) is 0 Å². The number of nitrogens with one attached hydrogen (secondary N) is 1. The predicted molar refractivity (Wildman–Crippen MR) is 58.6 cm³/mol. The van der Waals surface area contributed by atoms with E-state index in [9.17, 15) is 14.9 Å². The van der Waals surface area contributed by atoms with Crippen molar-refractivity contribution in [2.45, 2.75) is 13.8 Å². The van der Waals surface area contributed by atoms with Gasteiger partial charge in [0.05, 0.1) is 12.0 Å². The molecule has 0 spiro atoms. The lowest BCUT2D eigenvalue weighted by Crippen LogP contribution is -2.12. The number of ether oxygens (including phenoxy) is 1. The maximum absolute atomic E-state index is 11.0. The normalized spacial score (nSPS) is 9.69. The molecule has 0 bridgehead atoms. The molecule has 6 nitrogen and oxygen atoms in total. The number of carbonyl (C=O) groups excluding carboxylic acids is 1. The smallest absolute Gasteiger partial charge is 0.411 e. The van der Waals surface area contributed by atoms with Gasteiger partial charge in [-0.3, -0.25) is 15.4 Å². The maximum atomic E-state index is 11.0. The van der Waals surface area contributed by atoms with Crippen LogP contribution in [-0.2, 0) is 4.74 Å². The molecule has 0 aromatic heterocycles. The molecule has 86 valence electrons. The summed E-state index contributed by atoms with van der Waals surface area (Å²) in [5.41, 5.74) is 1.65. The third-order valence-electron chi connectivity index (χ3n) is 2.16. The van der Waals surface area contributed by atoms with E-state index in [0.717, 1.165) is 0 Å². The van der Waals surface area contributed by atoms with Crippen LogP contribution in [0.5, 0.6) is 0 Å². The molecule has 1 N–H and O–H groups in total. The monoisotopic (exact) mass is 224 g/mol. The van der Waals surface area contributed by atoms with Crippen LogP contribution < -0.4 is 5.32 Å². The molecule has 0 unspecified atom stereocenters. The topological polar surface area (TPSA) is 81.5 Å². The number of nitro benzene ring substituents is 1. The molecule has 0 aliphatic rings. The van der Waals surface area contributed by atoms with Crippen molar-refractivity contribution in [3.63, 3.8) is 0 Å². The lowest BCUT2D eigenvalue weighted by atomic mass is 10.1. The number of methoxy groups -OCH3 is 1. The average Bonchev–Trinajstić information content (AvgIpc) is 2.22. The van der Waals surface area contributed by atoms with Gasteiger partial charge in [0, 0.05) is 17.3 Å². The number of hydrogen-bond acceptors (Lipinski definition) is 4. The largest absolute Gasteiger partial charge is 0.453 e. The fourth-order valence-electron chi connectivity index (χ4n) is 1.29. The molecule has 0 aliphatic heterocycles. The van der Waals surface area contributed by atoms with Crippen molar-refractivity contribution in [1.29, 1.82) is 0 Å². The summed E-state index contributed by atoms with van der Waals surface area (Å²) in [7, 11) is 1.25. The molecule has 1 aromatic rings. The van der Waals surface area contributed by atoms with Gasteiger partial charge in [-0.15, -0.1) is 0 Å². The Hall–Kier alpha value is -2.11. The van der Waals surface area contributed by atoms with Gasteiger partial charge in [-0.05, 0) is 25.5 Å². The molecule has 0 heterocycles. The number of nitro groups is 1. The van der Waals surface area contributed by atoms with Crippen LogP contribution in [0.25, 0.3) is 0 Å². The number of amides is 1. The highest BCUT2D eigenvalue weighted by Crippen LogP contribution is 2.25. The Labute approximate surface area is 92.4 Å². The summed E-state index contributed by atoms with van der Waals surface area (Å²) in [6.45, 7) is 3.29. The molecule has 1 amide bonds. The van der Waals surface area contributed by atoms with Gasteiger partial charge in [-0.25, -0.2) is 4.79 Å². The van der Waals surface area contributed by atoms with E-state index in [1.54, 1.807) is 19.9 Å². The zero-order valence-corrected chi connectivity index (χ0v) is 9.23. The highest BCUT2D eigenvalue weighted by molar-refractivity contribution is 5.86. The van der Waals surface area contributed by atoms with E-state index in [4.69, 9.17) is 0 Å². The standard InChI is InChI=1S/C10H12N2O4/c1-6-5-9(12(14)15)7(2)4-8(6)11-10(13)16-3/h4-5H,1-3H3,(H,11,13). The van der Waals surface area contributed by atoms with E-state index in [1.807, 2.05) is 0 Å². The third kappa shape index (κ3) is 2.47. The number of anilines is 1. The first-order chi connectivity index (χ1) is 7.45. The van der Waals surface area contributed by atoms with Crippen LogP contribution in [0.1, 0.15) is 11.1 Å². The van der Waals surface area contributed by atoms with E-state index in [-0.39, 0.29) is 5.69 Å². The fraction of sp³-hybridized carbons (Fsp3) is 0.300. The van der Waals surface area contributed by atoms with Crippen molar-refractivity contribution in [3.05, 3.63) is 33.4 Å². The van der Waals surface area contributed by atoms with Crippen LogP contribution >= 0.6 is 0 Å². The lowest BCUT2D eigenvalue weighted by Gasteiger charge is -2.08. The second-order valence-electron chi connectivity index (χ2n) is 3.33. The van der Waals surface area contributed by atoms with Crippen molar-refractivity contribution in [1.82, 2.24) is 0 Å². The fourth-order valence-corrected chi connectivity index (χ4v) is 1.29. The average molecular weight is 224 g/mol. The number of hydrogen-bond donors (Lipinski definition) is 1. The minimum Gasteiger partial charge on any atom is -0.453 e. The highest BCUT2D eigenvalue weighted by atomic mass is 16.6. The Balaban J connectivity index is 3.10. The first-order valence-corrected chi connectivity index (χ1v) is 4.56. The van der Waals surface area contributed by atoms with Crippen LogP contribution in [0, 0.1) is 24.0 Å². The van der Waals surface area contributed by atoms with E-state index >= 15 is 0 Å². The summed E-state index contributed by atoms with van der Waals surface area (Å²) in [4.78, 5) is 21.2. The van der Waals surface area contributed by atoms with E-state index < -0.39 is 11.0 Å². The van der Waals surface area contributed by atoms with Crippen LogP contribution in [0.3, 0.4) is 0 Å². The molecule has 0 radical (unpaired) electrons. The molecular weight excluding hydrogens is 212 g/mol. The molecule has 0 saturated carbocycles. The minimum absolute atomic E-state index is 0.0351. The Morgan fingerprint density at radius 3 is 2.50 bits per heavy atom. The molecule has 0 aliphatic carbocycles.